The van der Waals surface area contributed by atoms with Crippen LogP contribution in [0, 0.1) is 17.3 Å². The van der Waals surface area contributed by atoms with E-state index in [1.807, 2.05) is 0 Å². The van der Waals surface area contributed by atoms with Gasteiger partial charge in [0.05, 0.1) is 5.92 Å². The van der Waals surface area contributed by atoms with Crippen LogP contribution >= 0.6 is 0 Å². The quantitative estimate of drug-likeness (QED) is 0.730. The van der Waals surface area contributed by atoms with E-state index in [1.165, 1.54) is 25.7 Å². The van der Waals surface area contributed by atoms with Crippen LogP contribution in [0.5, 0.6) is 0 Å². The lowest BCUT2D eigenvalue weighted by Crippen LogP contribution is -2.43. The van der Waals surface area contributed by atoms with Gasteiger partial charge in [0.25, 0.3) is 0 Å². The van der Waals surface area contributed by atoms with Gasteiger partial charge in [-0.25, -0.2) is 4.79 Å². The van der Waals surface area contributed by atoms with Gasteiger partial charge in [0.2, 0.25) is 0 Å². The van der Waals surface area contributed by atoms with Crippen LogP contribution in [0.2, 0.25) is 0 Å². The molecule has 2 rings (SSSR count). The van der Waals surface area contributed by atoms with Gasteiger partial charge < -0.3 is 15.7 Å². The second-order valence-electron chi connectivity index (χ2n) is 7.14. The van der Waals surface area contributed by atoms with E-state index in [-0.39, 0.29) is 17.4 Å². The van der Waals surface area contributed by atoms with Crippen molar-refractivity contribution in [3.63, 3.8) is 0 Å². The Morgan fingerprint density at radius 2 is 1.71 bits per heavy atom. The Labute approximate surface area is 126 Å². The number of carboxylic acids is 1. The lowest BCUT2D eigenvalue weighted by atomic mass is 9.82. The van der Waals surface area contributed by atoms with Gasteiger partial charge >= 0.3 is 12.0 Å². The van der Waals surface area contributed by atoms with Gasteiger partial charge in [0.1, 0.15) is 0 Å². The zero-order valence-electron chi connectivity index (χ0n) is 13.0. The highest BCUT2D eigenvalue weighted by Crippen LogP contribution is 2.36. The molecule has 0 aromatic heterocycles. The van der Waals surface area contributed by atoms with Gasteiger partial charge in [-0.3, -0.25) is 4.79 Å². The molecule has 2 amide bonds. The third-order valence-corrected chi connectivity index (χ3v) is 5.23. The SMILES string of the molecule is CC1(CNC(=O)NCC2CCC(C(=O)O)CC2)CCCC1. The maximum atomic E-state index is 11.8. The van der Waals surface area contributed by atoms with Gasteiger partial charge in [-0.05, 0) is 49.9 Å². The fourth-order valence-electron chi connectivity index (χ4n) is 3.61. The maximum Gasteiger partial charge on any atom is 0.314 e. The third-order valence-electron chi connectivity index (χ3n) is 5.23. The van der Waals surface area contributed by atoms with E-state index in [9.17, 15) is 9.59 Å². The first-order valence-electron chi connectivity index (χ1n) is 8.23. The molecular formula is C16H28N2O3. The molecule has 2 saturated carbocycles. The van der Waals surface area contributed by atoms with Crippen molar-refractivity contribution >= 4 is 12.0 Å². The summed E-state index contributed by atoms with van der Waals surface area (Å²) >= 11 is 0. The zero-order chi connectivity index (χ0) is 15.3. The van der Waals surface area contributed by atoms with Crippen molar-refractivity contribution in [1.82, 2.24) is 10.6 Å². The van der Waals surface area contributed by atoms with Crippen molar-refractivity contribution in [3.05, 3.63) is 0 Å². The van der Waals surface area contributed by atoms with Crippen molar-refractivity contribution < 1.29 is 14.7 Å². The van der Waals surface area contributed by atoms with Gasteiger partial charge in [-0.1, -0.05) is 19.8 Å². The predicted octanol–water partition coefficient (Wildman–Crippen LogP) is 2.76. The van der Waals surface area contributed by atoms with Crippen LogP contribution in [0.15, 0.2) is 0 Å². The topological polar surface area (TPSA) is 78.4 Å². The van der Waals surface area contributed by atoms with Crippen molar-refractivity contribution in [2.45, 2.75) is 58.3 Å². The fourth-order valence-corrected chi connectivity index (χ4v) is 3.61. The predicted molar refractivity (Wildman–Crippen MR) is 81.1 cm³/mol. The minimum absolute atomic E-state index is 0.0801. The summed E-state index contributed by atoms with van der Waals surface area (Å²) in [5.74, 6) is -0.435. The van der Waals surface area contributed by atoms with Crippen LogP contribution in [-0.4, -0.2) is 30.2 Å². The van der Waals surface area contributed by atoms with Crippen LogP contribution in [0.3, 0.4) is 0 Å². The molecule has 21 heavy (non-hydrogen) atoms. The number of carbonyl (C=O) groups is 2. The minimum atomic E-state index is -0.677. The lowest BCUT2D eigenvalue weighted by molar-refractivity contribution is -0.143. The first-order chi connectivity index (χ1) is 9.98. The van der Waals surface area contributed by atoms with Crippen LogP contribution in [0.4, 0.5) is 4.79 Å². The number of urea groups is 1. The Kier molecular flexibility index (Phi) is 5.48. The molecule has 3 N–H and O–H groups in total. The Balaban J connectivity index is 1.60. The number of rotatable bonds is 5. The van der Waals surface area contributed by atoms with Gasteiger partial charge in [-0.2, -0.15) is 0 Å². The molecule has 2 aliphatic carbocycles. The molecule has 0 saturated heterocycles. The largest absolute Gasteiger partial charge is 0.481 e. The summed E-state index contributed by atoms with van der Waals surface area (Å²) in [5, 5.41) is 14.9. The Bertz CT molecular complexity index is 370. The molecule has 2 aliphatic rings. The molecule has 0 aliphatic heterocycles. The number of aliphatic carboxylic acids is 1. The summed E-state index contributed by atoms with van der Waals surface area (Å²) in [6.45, 7) is 3.66. The van der Waals surface area contributed by atoms with E-state index in [0.717, 1.165) is 32.2 Å². The normalized spacial score (nSPS) is 28.0. The lowest BCUT2D eigenvalue weighted by Gasteiger charge is -2.27. The summed E-state index contributed by atoms with van der Waals surface area (Å²) in [5.41, 5.74) is 0.275. The Morgan fingerprint density at radius 1 is 1.10 bits per heavy atom. The summed E-state index contributed by atoms with van der Waals surface area (Å²) in [7, 11) is 0. The smallest absolute Gasteiger partial charge is 0.314 e. The molecule has 0 atom stereocenters. The summed E-state index contributed by atoms with van der Waals surface area (Å²) in [6.07, 6.45) is 8.21. The molecular weight excluding hydrogens is 268 g/mol. The van der Waals surface area contributed by atoms with E-state index < -0.39 is 5.97 Å². The molecule has 5 nitrogen and oxygen atoms in total. The Hall–Kier alpha value is -1.26. The first kappa shape index (κ1) is 16.1. The highest BCUT2D eigenvalue weighted by atomic mass is 16.4. The highest BCUT2D eigenvalue weighted by Gasteiger charge is 2.29. The molecule has 120 valence electrons. The van der Waals surface area contributed by atoms with Gasteiger partial charge in [0, 0.05) is 13.1 Å². The van der Waals surface area contributed by atoms with Crippen LogP contribution < -0.4 is 10.6 Å². The number of hydrogen-bond donors (Lipinski definition) is 3. The summed E-state index contributed by atoms with van der Waals surface area (Å²) in [6, 6.07) is -0.0801. The van der Waals surface area contributed by atoms with E-state index in [4.69, 9.17) is 5.11 Å². The Morgan fingerprint density at radius 3 is 2.29 bits per heavy atom. The van der Waals surface area contributed by atoms with Crippen molar-refractivity contribution in [3.8, 4) is 0 Å². The van der Waals surface area contributed by atoms with Crippen LogP contribution in [-0.2, 0) is 4.79 Å². The second kappa shape index (κ2) is 7.14. The summed E-state index contributed by atoms with van der Waals surface area (Å²) < 4.78 is 0. The fraction of sp³-hybridized carbons (Fsp3) is 0.875. The summed E-state index contributed by atoms with van der Waals surface area (Å²) in [4.78, 5) is 22.7. The van der Waals surface area contributed by atoms with E-state index >= 15 is 0 Å². The molecule has 2 fully saturated rings. The average molecular weight is 296 g/mol. The number of carboxylic acid groups (broad SMARTS) is 1. The van der Waals surface area contributed by atoms with Gasteiger partial charge in [-0.15, -0.1) is 0 Å². The van der Waals surface area contributed by atoms with Gasteiger partial charge in [0.15, 0.2) is 0 Å². The van der Waals surface area contributed by atoms with Crippen molar-refractivity contribution in [1.29, 1.82) is 0 Å². The molecule has 5 heteroatoms. The molecule has 0 unspecified atom stereocenters. The molecule has 0 radical (unpaired) electrons. The second-order valence-corrected chi connectivity index (χ2v) is 7.14. The highest BCUT2D eigenvalue weighted by molar-refractivity contribution is 5.73. The average Bonchev–Trinajstić information content (AvgIpc) is 2.91. The van der Waals surface area contributed by atoms with Crippen molar-refractivity contribution in [2.75, 3.05) is 13.1 Å². The number of carbonyl (C=O) groups excluding carboxylic acids is 1. The molecule has 0 aromatic carbocycles. The third kappa shape index (κ3) is 4.90. The van der Waals surface area contributed by atoms with E-state index in [0.29, 0.717) is 12.5 Å². The zero-order valence-corrected chi connectivity index (χ0v) is 13.0. The van der Waals surface area contributed by atoms with Crippen LogP contribution in [0.25, 0.3) is 0 Å². The number of hydrogen-bond acceptors (Lipinski definition) is 2. The molecule has 0 spiro atoms. The number of nitrogens with one attached hydrogen (secondary N) is 2. The molecule has 0 heterocycles. The number of amides is 2. The maximum absolute atomic E-state index is 11.8. The monoisotopic (exact) mass is 296 g/mol. The minimum Gasteiger partial charge on any atom is -0.481 e. The first-order valence-corrected chi connectivity index (χ1v) is 8.23. The van der Waals surface area contributed by atoms with Crippen LogP contribution in [0.1, 0.15) is 58.3 Å². The van der Waals surface area contributed by atoms with E-state index in [1.54, 1.807) is 0 Å². The standard InChI is InChI=1S/C16H28N2O3/c1-16(8-2-3-9-16)11-18-15(21)17-10-12-4-6-13(7-5-12)14(19)20/h12-13H,2-11H2,1H3,(H,19,20)(H2,17,18,21). The molecule has 0 bridgehead atoms. The molecule has 0 aromatic rings. The van der Waals surface area contributed by atoms with Crippen molar-refractivity contribution in [2.24, 2.45) is 17.3 Å². The van der Waals surface area contributed by atoms with E-state index in [2.05, 4.69) is 17.6 Å².